The van der Waals surface area contributed by atoms with E-state index in [4.69, 9.17) is 28.9 Å². The Hall–Kier alpha value is -1.32. The second-order valence-corrected chi connectivity index (χ2v) is 4.80. The minimum Gasteiger partial charge on any atom is -0.384 e. The first kappa shape index (κ1) is 13.1. The molecule has 94 valence electrons. The van der Waals surface area contributed by atoms with Crippen molar-refractivity contribution >= 4 is 29.0 Å². The Kier molecular flexibility index (Phi) is 4.04. The van der Waals surface area contributed by atoms with Crippen molar-refractivity contribution in [2.75, 3.05) is 5.73 Å². The highest BCUT2D eigenvalue weighted by Gasteiger charge is 2.07. The van der Waals surface area contributed by atoms with Gasteiger partial charge in [-0.15, -0.1) is 0 Å². The molecular weight excluding hydrogens is 269 g/mol. The monoisotopic (exact) mass is 281 g/mol. The summed E-state index contributed by atoms with van der Waals surface area (Å²) in [5.74, 6) is 1.05. The summed E-state index contributed by atoms with van der Waals surface area (Å²) in [4.78, 5) is 8.69. The number of aromatic nitrogens is 2. The maximum atomic E-state index is 5.99. The molecule has 0 aliphatic rings. The van der Waals surface area contributed by atoms with Crippen LogP contribution in [0.5, 0.6) is 0 Å². The van der Waals surface area contributed by atoms with Gasteiger partial charge in [-0.25, -0.2) is 9.97 Å². The van der Waals surface area contributed by atoms with Gasteiger partial charge in [-0.1, -0.05) is 36.5 Å². The van der Waals surface area contributed by atoms with Crippen molar-refractivity contribution in [3.05, 3.63) is 40.0 Å². The SMILES string of the molecule is CCCc1cc(N)nc(-c2ccc(Cl)c(Cl)c2)n1. The first-order valence-electron chi connectivity index (χ1n) is 5.69. The molecule has 5 heteroatoms. The molecule has 1 aromatic carbocycles. The second-order valence-electron chi connectivity index (χ2n) is 3.99. The van der Waals surface area contributed by atoms with E-state index in [1.165, 1.54) is 0 Å². The lowest BCUT2D eigenvalue weighted by Gasteiger charge is -2.06. The zero-order valence-electron chi connectivity index (χ0n) is 9.95. The van der Waals surface area contributed by atoms with Gasteiger partial charge < -0.3 is 5.73 Å². The molecule has 0 saturated carbocycles. The van der Waals surface area contributed by atoms with Crippen molar-refractivity contribution < 1.29 is 0 Å². The van der Waals surface area contributed by atoms with Crippen molar-refractivity contribution in [1.82, 2.24) is 9.97 Å². The quantitative estimate of drug-likeness (QED) is 0.926. The Morgan fingerprint density at radius 2 is 1.89 bits per heavy atom. The molecule has 0 bridgehead atoms. The molecule has 0 saturated heterocycles. The molecule has 0 spiro atoms. The van der Waals surface area contributed by atoms with Crippen molar-refractivity contribution in [2.45, 2.75) is 19.8 Å². The molecule has 2 N–H and O–H groups in total. The first-order chi connectivity index (χ1) is 8.60. The molecule has 18 heavy (non-hydrogen) atoms. The highest BCUT2D eigenvalue weighted by atomic mass is 35.5. The topological polar surface area (TPSA) is 51.8 Å². The van der Waals surface area contributed by atoms with Crippen molar-refractivity contribution in [2.24, 2.45) is 0 Å². The van der Waals surface area contributed by atoms with Crippen LogP contribution in [-0.2, 0) is 6.42 Å². The Morgan fingerprint density at radius 1 is 1.11 bits per heavy atom. The third-order valence-electron chi connectivity index (χ3n) is 2.48. The number of nitrogens with two attached hydrogens (primary N) is 1. The van der Waals surface area contributed by atoms with Crippen molar-refractivity contribution in [3.8, 4) is 11.4 Å². The number of anilines is 1. The highest BCUT2D eigenvalue weighted by Crippen LogP contribution is 2.27. The number of hydrogen-bond acceptors (Lipinski definition) is 3. The summed E-state index contributed by atoms with van der Waals surface area (Å²) in [5, 5.41) is 0.996. The molecule has 2 aromatic rings. The fraction of sp³-hybridized carbons (Fsp3) is 0.231. The normalized spacial score (nSPS) is 10.6. The minimum atomic E-state index is 0.467. The Morgan fingerprint density at radius 3 is 2.56 bits per heavy atom. The van der Waals surface area contributed by atoms with Gasteiger partial charge in [-0.2, -0.15) is 0 Å². The zero-order valence-corrected chi connectivity index (χ0v) is 11.5. The van der Waals surface area contributed by atoms with E-state index in [2.05, 4.69) is 16.9 Å². The average Bonchev–Trinajstić information content (AvgIpc) is 2.32. The number of benzene rings is 1. The van der Waals surface area contributed by atoms with Gasteiger partial charge in [0.1, 0.15) is 5.82 Å². The first-order valence-corrected chi connectivity index (χ1v) is 6.44. The fourth-order valence-electron chi connectivity index (χ4n) is 1.67. The summed E-state index contributed by atoms with van der Waals surface area (Å²) in [6, 6.07) is 7.10. The summed E-state index contributed by atoms with van der Waals surface area (Å²) in [6.07, 6.45) is 1.89. The minimum absolute atomic E-state index is 0.467. The van der Waals surface area contributed by atoms with E-state index >= 15 is 0 Å². The lowest BCUT2D eigenvalue weighted by atomic mass is 10.2. The summed E-state index contributed by atoms with van der Waals surface area (Å²) in [6.45, 7) is 2.09. The van der Waals surface area contributed by atoms with E-state index in [1.54, 1.807) is 18.2 Å². The van der Waals surface area contributed by atoms with Crippen LogP contribution in [0.4, 0.5) is 5.82 Å². The van der Waals surface area contributed by atoms with E-state index in [-0.39, 0.29) is 0 Å². The van der Waals surface area contributed by atoms with Crippen LogP contribution in [-0.4, -0.2) is 9.97 Å². The largest absolute Gasteiger partial charge is 0.384 e. The van der Waals surface area contributed by atoms with E-state index < -0.39 is 0 Å². The van der Waals surface area contributed by atoms with E-state index in [9.17, 15) is 0 Å². The standard InChI is InChI=1S/C13H13Cl2N3/c1-2-3-9-7-12(16)18-13(17-9)8-4-5-10(14)11(15)6-8/h4-7H,2-3H2,1H3,(H2,16,17,18). The molecule has 0 atom stereocenters. The van der Waals surface area contributed by atoms with Crippen molar-refractivity contribution in [1.29, 1.82) is 0 Å². The molecule has 0 unspecified atom stereocenters. The fourth-order valence-corrected chi connectivity index (χ4v) is 1.97. The van der Waals surface area contributed by atoms with Gasteiger partial charge in [0.2, 0.25) is 0 Å². The molecule has 2 rings (SSSR count). The third-order valence-corrected chi connectivity index (χ3v) is 3.22. The van der Waals surface area contributed by atoms with E-state index in [1.807, 2.05) is 6.07 Å². The summed E-state index contributed by atoms with van der Waals surface area (Å²) < 4.78 is 0. The Labute approximate surface area is 116 Å². The number of halogens is 2. The number of nitrogens with zero attached hydrogens (tertiary/aromatic N) is 2. The molecule has 0 aliphatic heterocycles. The number of nitrogen functional groups attached to an aromatic ring is 1. The second kappa shape index (κ2) is 5.55. The van der Waals surface area contributed by atoms with Crippen LogP contribution in [0.1, 0.15) is 19.0 Å². The summed E-state index contributed by atoms with van der Waals surface area (Å²) >= 11 is 11.9. The van der Waals surface area contributed by atoms with Crippen LogP contribution in [0.2, 0.25) is 10.0 Å². The van der Waals surface area contributed by atoms with Crippen molar-refractivity contribution in [3.63, 3.8) is 0 Å². The Balaban J connectivity index is 2.46. The molecule has 0 amide bonds. The van der Waals surface area contributed by atoms with Gasteiger partial charge in [0.25, 0.3) is 0 Å². The number of aryl methyl sites for hydroxylation is 1. The molecule has 0 radical (unpaired) electrons. The lowest BCUT2D eigenvalue weighted by molar-refractivity contribution is 0.877. The van der Waals surface area contributed by atoms with Crippen LogP contribution in [0, 0.1) is 0 Å². The third kappa shape index (κ3) is 2.92. The molecule has 1 aromatic heterocycles. The zero-order chi connectivity index (χ0) is 13.1. The predicted octanol–water partition coefficient (Wildman–Crippen LogP) is 3.99. The predicted molar refractivity (Wildman–Crippen MR) is 75.9 cm³/mol. The molecule has 1 heterocycles. The molecule has 0 aliphatic carbocycles. The van der Waals surface area contributed by atoms with Gasteiger partial charge >= 0.3 is 0 Å². The smallest absolute Gasteiger partial charge is 0.161 e. The van der Waals surface area contributed by atoms with Gasteiger partial charge in [0.15, 0.2) is 5.82 Å². The number of hydrogen-bond donors (Lipinski definition) is 1. The van der Waals surface area contributed by atoms with Crippen LogP contribution < -0.4 is 5.73 Å². The number of rotatable bonds is 3. The maximum absolute atomic E-state index is 5.99. The summed E-state index contributed by atoms with van der Waals surface area (Å²) in [5.41, 5.74) is 7.53. The molecular formula is C13H13Cl2N3. The average molecular weight is 282 g/mol. The van der Waals surface area contributed by atoms with E-state index in [0.717, 1.165) is 24.1 Å². The molecule has 3 nitrogen and oxygen atoms in total. The van der Waals surface area contributed by atoms with Gasteiger partial charge in [0, 0.05) is 17.3 Å². The summed E-state index contributed by atoms with van der Waals surface area (Å²) in [7, 11) is 0. The van der Waals surface area contributed by atoms with Crippen LogP contribution in [0.3, 0.4) is 0 Å². The Bertz CT molecular complexity index is 570. The van der Waals surface area contributed by atoms with Gasteiger partial charge in [-0.05, 0) is 24.6 Å². The van der Waals surface area contributed by atoms with E-state index in [0.29, 0.717) is 21.7 Å². The van der Waals surface area contributed by atoms with Crippen LogP contribution in [0.15, 0.2) is 24.3 Å². The van der Waals surface area contributed by atoms with Crippen LogP contribution >= 0.6 is 23.2 Å². The maximum Gasteiger partial charge on any atom is 0.161 e. The lowest BCUT2D eigenvalue weighted by Crippen LogP contribution is -2.00. The van der Waals surface area contributed by atoms with Gasteiger partial charge in [-0.3, -0.25) is 0 Å². The highest BCUT2D eigenvalue weighted by molar-refractivity contribution is 6.42. The van der Waals surface area contributed by atoms with Gasteiger partial charge in [0.05, 0.1) is 10.0 Å². The molecule has 0 fully saturated rings. The van der Waals surface area contributed by atoms with Crippen LogP contribution in [0.25, 0.3) is 11.4 Å².